The first-order chi connectivity index (χ1) is 13.2. The molecule has 1 atom stereocenters. The highest BCUT2D eigenvalue weighted by Gasteiger charge is 2.21. The molecule has 1 aromatic rings. The van der Waals surface area contributed by atoms with Crippen LogP contribution in [0.3, 0.4) is 0 Å². The molecule has 1 aromatic carbocycles. The van der Waals surface area contributed by atoms with Gasteiger partial charge in [0.1, 0.15) is 12.4 Å². The second-order valence-electron chi connectivity index (χ2n) is 7.93. The SMILES string of the molecule is CC(CC1CCCCC1)NCc1ccccc1OCCCN1CCOC1=O. The van der Waals surface area contributed by atoms with Crippen LogP contribution in [0.2, 0.25) is 0 Å². The molecule has 0 bridgehead atoms. The van der Waals surface area contributed by atoms with Crippen molar-refractivity contribution in [1.29, 1.82) is 0 Å². The number of nitrogens with one attached hydrogen (secondary N) is 1. The van der Waals surface area contributed by atoms with Crippen molar-refractivity contribution in [2.45, 2.75) is 64.5 Å². The minimum Gasteiger partial charge on any atom is -0.493 e. The van der Waals surface area contributed by atoms with Crippen LogP contribution in [0.1, 0.15) is 57.4 Å². The van der Waals surface area contributed by atoms with Gasteiger partial charge in [-0.1, -0.05) is 50.3 Å². The van der Waals surface area contributed by atoms with E-state index < -0.39 is 0 Å². The third-order valence-corrected chi connectivity index (χ3v) is 5.70. The van der Waals surface area contributed by atoms with Gasteiger partial charge in [-0.2, -0.15) is 0 Å². The lowest BCUT2D eigenvalue weighted by Crippen LogP contribution is -2.29. The summed E-state index contributed by atoms with van der Waals surface area (Å²) in [6.45, 7) is 5.64. The Hall–Kier alpha value is -1.75. The molecule has 27 heavy (non-hydrogen) atoms. The quantitative estimate of drug-likeness (QED) is 0.619. The van der Waals surface area contributed by atoms with Gasteiger partial charge in [0.15, 0.2) is 0 Å². The molecular weight excluding hydrogens is 340 g/mol. The van der Waals surface area contributed by atoms with Crippen molar-refractivity contribution in [1.82, 2.24) is 10.2 Å². The van der Waals surface area contributed by atoms with Crippen LogP contribution in [-0.4, -0.2) is 43.3 Å². The van der Waals surface area contributed by atoms with Gasteiger partial charge in [0.2, 0.25) is 0 Å². The summed E-state index contributed by atoms with van der Waals surface area (Å²) in [6.07, 6.45) is 8.91. The Morgan fingerprint density at radius 2 is 2.07 bits per heavy atom. The van der Waals surface area contributed by atoms with Crippen molar-refractivity contribution < 1.29 is 14.3 Å². The first-order valence-electron chi connectivity index (χ1n) is 10.6. The predicted molar refractivity (Wildman–Crippen MR) is 107 cm³/mol. The van der Waals surface area contributed by atoms with Gasteiger partial charge in [0.05, 0.1) is 13.2 Å². The minimum absolute atomic E-state index is 0.202. The Kier molecular flexibility index (Phi) is 7.81. The zero-order valence-corrected chi connectivity index (χ0v) is 16.6. The number of amides is 1. The van der Waals surface area contributed by atoms with Crippen LogP contribution >= 0.6 is 0 Å². The van der Waals surface area contributed by atoms with Gasteiger partial charge >= 0.3 is 6.09 Å². The first-order valence-corrected chi connectivity index (χ1v) is 10.6. The third kappa shape index (κ3) is 6.42. The van der Waals surface area contributed by atoms with Crippen molar-refractivity contribution in [3.63, 3.8) is 0 Å². The number of benzene rings is 1. The van der Waals surface area contributed by atoms with Gasteiger partial charge in [0.25, 0.3) is 0 Å². The van der Waals surface area contributed by atoms with Crippen LogP contribution < -0.4 is 10.1 Å². The van der Waals surface area contributed by atoms with E-state index in [1.54, 1.807) is 4.90 Å². The minimum atomic E-state index is -0.202. The highest BCUT2D eigenvalue weighted by Crippen LogP contribution is 2.27. The predicted octanol–water partition coefficient (Wildman–Crippen LogP) is 4.36. The molecule has 0 spiro atoms. The summed E-state index contributed by atoms with van der Waals surface area (Å²) in [5.41, 5.74) is 1.20. The number of cyclic esters (lactones) is 1. The largest absolute Gasteiger partial charge is 0.493 e. The zero-order valence-electron chi connectivity index (χ0n) is 16.6. The smallest absolute Gasteiger partial charge is 0.409 e. The monoisotopic (exact) mass is 374 g/mol. The molecule has 1 heterocycles. The van der Waals surface area contributed by atoms with E-state index in [1.165, 1.54) is 44.1 Å². The van der Waals surface area contributed by atoms with Crippen LogP contribution in [0.5, 0.6) is 5.75 Å². The number of rotatable bonds is 10. The summed E-state index contributed by atoms with van der Waals surface area (Å²) in [5, 5.41) is 3.68. The van der Waals surface area contributed by atoms with Gasteiger partial charge in [-0.15, -0.1) is 0 Å². The summed E-state index contributed by atoms with van der Waals surface area (Å²) >= 11 is 0. The number of nitrogens with zero attached hydrogens (tertiary/aromatic N) is 1. The fraction of sp³-hybridized carbons (Fsp3) is 0.682. The van der Waals surface area contributed by atoms with Crippen molar-refractivity contribution in [3.05, 3.63) is 29.8 Å². The van der Waals surface area contributed by atoms with Gasteiger partial charge in [0, 0.05) is 24.7 Å². The van der Waals surface area contributed by atoms with E-state index in [2.05, 4.69) is 24.4 Å². The summed E-state index contributed by atoms with van der Waals surface area (Å²) in [7, 11) is 0. The fourth-order valence-corrected chi connectivity index (χ4v) is 4.15. The lowest BCUT2D eigenvalue weighted by atomic mass is 9.85. The molecule has 2 aliphatic rings. The van der Waals surface area contributed by atoms with Gasteiger partial charge in [-0.3, -0.25) is 0 Å². The van der Waals surface area contributed by atoms with Crippen molar-refractivity contribution >= 4 is 6.09 Å². The number of carbonyl (C=O) groups excluding carboxylic acids is 1. The lowest BCUT2D eigenvalue weighted by Gasteiger charge is -2.25. The Morgan fingerprint density at radius 3 is 2.85 bits per heavy atom. The molecule has 5 heteroatoms. The number of carbonyl (C=O) groups is 1. The summed E-state index contributed by atoms with van der Waals surface area (Å²) in [5.74, 6) is 1.84. The van der Waals surface area contributed by atoms with E-state index in [9.17, 15) is 4.79 Å². The molecule has 0 aromatic heterocycles. The van der Waals surface area contributed by atoms with E-state index in [4.69, 9.17) is 9.47 Å². The first kappa shape index (κ1) is 20.0. The van der Waals surface area contributed by atoms with E-state index >= 15 is 0 Å². The average Bonchev–Trinajstić information content (AvgIpc) is 3.10. The molecule has 3 rings (SSSR count). The summed E-state index contributed by atoms with van der Waals surface area (Å²) in [6, 6.07) is 8.78. The molecular formula is C22H34N2O3. The van der Waals surface area contributed by atoms with Gasteiger partial charge in [-0.05, 0) is 31.7 Å². The van der Waals surface area contributed by atoms with E-state index in [1.807, 2.05) is 12.1 Å². The van der Waals surface area contributed by atoms with Crippen LogP contribution in [0.25, 0.3) is 0 Å². The standard InChI is InChI=1S/C22H34N2O3/c1-18(16-19-8-3-2-4-9-19)23-17-20-10-5-6-11-21(20)26-14-7-12-24-13-15-27-22(24)25/h5-6,10-11,18-19,23H,2-4,7-9,12-17H2,1H3. The molecule has 1 saturated heterocycles. The molecule has 1 aliphatic carbocycles. The zero-order chi connectivity index (χ0) is 18.9. The molecule has 1 unspecified atom stereocenters. The lowest BCUT2D eigenvalue weighted by molar-refractivity contribution is 0.156. The van der Waals surface area contributed by atoms with E-state index in [0.29, 0.717) is 32.3 Å². The number of hydrogen-bond donors (Lipinski definition) is 1. The van der Waals surface area contributed by atoms with Crippen molar-refractivity contribution in [2.75, 3.05) is 26.3 Å². The Labute approximate surface area is 163 Å². The Balaban J connectivity index is 1.39. The van der Waals surface area contributed by atoms with Crippen molar-refractivity contribution in [2.24, 2.45) is 5.92 Å². The van der Waals surface area contributed by atoms with E-state index in [-0.39, 0.29) is 6.09 Å². The van der Waals surface area contributed by atoms with Crippen molar-refractivity contribution in [3.8, 4) is 5.75 Å². The average molecular weight is 375 g/mol. The number of hydrogen-bond acceptors (Lipinski definition) is 4. The molecule has 2 fully saturated rings. The maximum absolute atomic E-state index is 11.4. The second-order valence-corrected chi connectivity index (χ2v) is 7.93. The van der Waals surface area contributed by atoms with Crippen LogP contribution in [0.4, 0.5) is 4.79 Å². The Bertz CT molecular complexity index is 587. The molecule has 1 saturated carbocycles. The summed E-state index contributed by atoms with van der Waals surface area (Å²) < 4.78 is 10.9. The summed E-state index contributed by atoms with van der Waals surface area (Å²) in [4.78, 5) is 13.2. The van der Waals surface area contributed by atoms with Crippen LogP contribution in [0, 0.1) is 5.92 Å². The van der Waals surface area contributed by atoms with Gasteiger partial charge < -0.3 is 19.7 Å². The molecule has 0 radical (unpaired) electrons. The third-order valence-electron chi connectivity index (χ3n) is 5.70. The molecule has 1 N–H and O–H groups in total. The van der Waals surface area contributed by atoms with Crippen LogP contribution in [-0.2, 0) is 11.3 Å². The maximum atomic E-state index is 11.4. The fourth-order valence-electron chi connectivity index (χ4n) is 4.15. The molecule has 1 aliphatic heterocycles. The highest BCUT2D eigenvalue weighted by atomic mass is 16.6. The highest BCUT2D eigenvalue weighted by molar-refractivity contribution is 5.69. The van der Waals surface area contributed by atoms with Gasteiger partial charge in [-0.25, -0.2) is 4.79 Å². The topological polar surface area (TPSA) is 50.8 Å². The molecule has 5 nitrogen and oxygen atoms in total. The molecule has 1 amide bonds. The number of para-hydroxylation sites is 1. The number of ether oxygens (including phenoxy) is 2. The van der Waals surface area contributed by atoms with E-state index in [0.717, 1.165) is 24.6 Å². The Morgan fingerprint density at radius 1 is 1.26 bits per heavy atom. The van der Waals surface area contributed by atoms with Crippen LogP contribution in [0.15, 0.2) is 24.3 Å². The normalized spacial score (nSPS) is 19.1. The maximum Gasteiger partial charge on any atom is 0.409 e. The second kappa shape index (κ2) is 10.5. The molecule has 150 valence electrons.